The maximum atomic E-state index is 11.4. The van der Waals surface area contributed by atoms with E-state index in [0.29, 0.717) is 18.5 Å². The summed E-state index contributed by atoms with van der Waals surface area (Å²) < 4.78 is 0. The highest BCUT2D eigenvalue weighted by Gasteiger charge is 2.24. The summed E-state index contributed by atoms with van der Waals surface area (Å²) in [5, 5.41) is 3.62. The number of hydrogen-bond acceptors (Lipinski definition) is 3. The molecule has 0 radical (unpaired) electrons. The van der Waals surface area contributed by atoms with E-state index in [1.807, 2.05) is 23.3 Å². The molecule has 0 aliphatic carbocycles. The predicted molar refractivity (Wildman–Crippen MR) is 71.3 cm³/mol. The highest BCUT2D eigenvalue weighted by Crippen LogP contribution is 2.23. The lowest BCUT2D eigenvalue weighted by Crippen LogP contribution is -2.47. The number of aryl methyl sites for hydroxylation is 1. The third-order valence-corrected chi connectivity index (χ3v) is 4.48. The fraction of sp³-hybridized carbons (Fsp3) is 0.615. The zero-order chi connectivity index (χ0) is 12.4. The van der Waals surface area contributed by atoms with Gasteiger partial charge in [0.05, 0.1) is 0 Å². The minimum Gasteiger partial charge on any atom is -0.344 e. The van der Waals surface area contributed by atoms with E-state index in [0.717, 1.165) is 13.0 Å². The van der Waals surface area contributed by atoms with Crippen molar-refractivity contribution in [1.82, 2.24) is 10.2 Å². The molecule has 0 aromatic carbocycles. The van der Waals surface area contributed by atoms with Crippen molar-refractivity contribution < 1.29 is 4.79 Å². The number of carbonyl (C=O) groups is 1. The summed E-state index contributed by atoms with van der Waals surface area (Å²) in [4.78, 5) is 16.0. The molecule has 1 fully saturated rings. The first-order chi connectivity index (χ1) is 8.06. The average molecular weight is 252 g/mol. The van der Waals surface area contributed by atoms with Gasteiger partial charge >= 0.3 is 0 Å². The van der Waals surface area contributed by atoms with Gasteiger partial charge in [0, 0.05) is 41.9 Å². The van der Waals surface area contributed by atoms with Crippen molar-refractivity contribution in [3.05, 3.63) is 21.9 Å². The van der Waals surface area contributed by atoms with Gasteiger partial charge in [0.25, 0.3) is 0 Å². The lowest BCUT2D eigenvalue weighted by atomic mass is 10.0. The van der Waals surface area contributed by atoms with Gasteiger partial charge < -0.3 is 10.2 Å². The van der Waals surface area contributed by atoms with Crippen molar-refractivity contribution in [3.8, 4) is 0 Å². The average Bonchev–Trinajstić information content (AvgIpc) is 2.70. The van der Waals surface area contributed by atoms with Crippen LogP contribution in [0, 0.1) is 6.92 Å². The molecule has 2 atom stereocenters. The van der Waals surface area contributed by atoms with Crippen LogP contribution in [0.25, 0.3) is 0 Å². The molecule has 4 heteroatoms. The van der Waals surface area contributed by atoms with Crippen LogP contribution < -0.4 is 5.32 Å². The summed E-state index contributed by atoms with van der Waals surface area (Å²) in [6.45, 7) is 5.16. The standard InChI is InChI=1S/C13H20N2OS/c1-9-4-6-12(17-9)10(2)14-11-5-7-13(16)15(3)8-11/h4,6,10-11,14H,5,7-8H2,1-3H3. The first kappa shape index (κ1) is 12.6. The third kappa shape index (κ3) is 3.07. The van der Waals surface area contributed by atoms with Crippen LogP contribution in [0.4, 0.5) is 0 Å². The largest absolute Gasteiger partial charge is 0.344 e. The lowest BCUT2D eigenvalue weighted by Gasteiger charge is -2.32. The van der Waals surface area contributed by atoms with Crippen LogP contribution in [0.1, 0.15) is 35.6 Å². The smallest absolute Gasteiger partial charge is 0.222 e. The molecule has 1 aromatic heterocycles. The summed E-state index contributed by atoms with van der Waals surface area (Å²) in [5.74, 6) is 0.266. The Morgan fingerprint density at radius 1 is 1.53 bits per heavy atom. The van der Waals surface area contributed by atoms with Gasteiger partial charge in [-0.15, -0.1) is 11.3 Å². The molecule has 1 amide bonds. The van der Waals surface area contributed by atoms with Gasteiger partial charge in [0.1, 0.15) is 0 Å². The molecule has 0 spiro atoms. The maximum Gasteiger partial charge on any atom is 0.222 e. The molecule has 2 heterocycles. The van der Waals surface area contributed by atoms with Gasteiger partial charge in [0.2, 0.25) is 5.91 Å². The van der Waals surface area contributed by atoms with Crippen LogP contribution in [-0.4, -0.2) is 30.4 Å². The van der Waals surface area contributed by atoms with Gasteiger partial charge in [-0.05, 0) is 32.4 Å². The third-order valence-electron chi connectivity index (χ3n) is 3.30. The van der Waals surface area contributed by atoms with Crippen LogP contribution >= 0.6 is 11.3 Å². The summed E-state index contributed by atoms with van der Waals surface area (Å²) in [7, 11) is 1.89. The molecule has 1 saturated heterocycles. The van der Waals surface area contributed by atoms with Crippen molar-refractivity contribution in [2.24, 2.45) is 0 Å². The fourth-order valence-corrected chi connectivity index (χ4v) is 3.16. The number of piperidine rings is 1. The number of nitrogens with zero attached hydrogens (tertiary/aromatic N) is 1. The Labute approximate surface area is 107 Å². The van der Waals surface area contributed by atoms with Crippen molar-refractivity contribution in [1.29, 1.82) is 0 Å². The van der Waals surface area contributed by atoms with Gasteiger partial charge in [-0.25, -0.2) is 0 Å². The minimum absolute atomic E-state index is 0.266. The zero-order valence-electron chi connectivity index (χ0n) is 10.7. The Hall–Kier alpha value is -0.870. The number of carbonyl (C=O) groups excluding carboxylic acids is 1. The van der Waals surface area contributed by atoms with Gasteiger partial charge in [-0.3, -0.25) is 4.79 Å². The van der Waals surface area contributed by atoms with E-state index in [4.69, 9.17) is 0 Å². The minimum atomic E-state index is 0.266. The summed E-state index contributed by atoms with van der Waals surface area (Å²) in [6.07, 6.45) is 1.63. The second-order valence-corrected chi connectivity index (χ2v) is 6.17. The van der Waals surface area contributed by atoms with Gasteiger partial charge in [0.15, 0.2) is 0 Å². The number of amides is 1. The van der Waals surface area contributed by atoms with E-state index >= 15 is 0 Å². The molecule has 94 valence electrons. The normalized spacial score (nSPS) is 22.9. The SMILES string of the molecule is Cc1ccc(C(C)NC2CCC(=O)N(C)C2)s1. The summed E-state index contributed by atoms with van der Waals surface area (Å²) >= 11 is 1.84. The monoisotopic (exact) mass is 252 g/mol. The fourth-order valence-electron chi connectivity index (χ4n) is 2.27. The molecule has 2 rings (SSSR count). The number of hydrogen-bond donors (Lipinski definition) is 1. The van der Waals surface area contributed by atoms with Crippen LogP contribution in [0.15, 0.2) is 12.1 Å². The lowest BCUT2D eigenvalue weighted by molar-refractivity contribution is -0.132. The van der Waals surface area contributed by atoms with Crippen LogP contribution in [0.2, 0.25) is 0 Å². The zero-order valence-corrected chi connectivity index (χ0v) is 11.5. The molecule has 1 aromatic rings. The van der Waals surface area contributed by atoms with E-state index in [-0.39, 0.29) is 5.91 Å². The Balaban J connectivity index is 1.91. The topological polar surface area (TPSA) is 32.3 Å². The second-order valence-electron chi connectivity index (χ2n) is 4.85. The molecular weight excluding hydrogens is 232 g/mol. The second kappa shape index (κ2) is 5.19. The molecule has 2 unspecified atom stereocenters. The van der Waals surface area contributed by atoms with Crippen molar-refractivity contribution in [2.45, 2.75) is 38.8 Å². The van der Waals surface area contributed by atoms with Gasteiger partial charge in [-0.2, -0.15) is 0 Å². The highest BCUT2D eigenvalue weighted by atomic mass is 32.1. The van der Waals surface area contributed by atoms with Crippen molar-refractivity contribution in [2.75, 3.05) is 13.6 Å². The van der Waals surface area contributed by atoms with E-state index in [9.17, 15) is 4.79 Å². The Kier molecular flexibility index (Phi) is 3.84. The summed E-state index contributed by atoms with van der Waals surface area (Å²) in [5.41, 5.74) is 0. The molecule has 3 nitrogen and oxygen atoms in total. The first-order valence-corrected chi connectivity index (χ1v) is 6.94. The molecule has 1 N–H and O–H groups in total. The molecule has 0 bridgehead atoms. The molecule has 0 saturated carbocycles. The van der Waals surface area contributed by atoms with Gasteiger partial charge in [-0.1, -0.05) is 0 Å². The Bertz CT molecular complexity index is 402. The van der Waals surface area contributed by atoms with Crippen LogP contribution in [0.5, 0.6) is 0 Å². The van der Waals surface area contributed by atoms with E-state index in [1.54, 1.807) is 0 Å². The summed E-state index contributed by atoms with van der Waals surface area (Å²) in [6, 6.07) is 5.15. The van der Waals surface area contributed by atoms with Crippen LogP contribution in [-0.2, 0) is 4.79 Å². The van der Waals surface area contributed by atoms with Crippen LogP contribution in [0.3, 0.4) is 0 Å². The maximum absolute atomic E-state index is 11.4. The number of likely N-dealkylation sites (N-methyl/N-ethyl adjacent to an activating group) is 1. The Morgan fingerprint density at radius 2 is 2.29 bits per heavy atom. The predicted octanol–water partition coefficient (Wildman–Crippen LogP) is 2.33. The van der Waals surface area contributed by atoms with E-state index < -0.39 is 0 Å². The number of likely N-dealkylation sites (tertiary alicyclic amines) is 1. The number of thiophene rings is 1. The molecule has 1 aliphatic rings. The molecule has 17 heavy (non-hydrogen) atoms. The van der Waals surface area contributed by atoms with Crippen molar-refractivity contribution >= 4 is 17.2 Å². The number of rotatable bonds is 3. The first-order valence-electron chi connectivity index (χ1n) is 6.12. The highest BCUT2D eigenvalue weighted by molar-refractivity contribution is 7.12. The quantitative estimate of drug-likeness (QED) is 0.895. The molecular formula is C13H20N2OS. The van der Waals surface area contributed by atoms with E-state index in [2.05, 4.69) is 31.3 Å². The van der Waals surface area contributed by atoms with Crippen molar-refractivity contribution in [3.63, 3.8) is 0 Å². The Morgan fingerprint density at radius 3 is 2.88 bits per heavy atom. The number of nitrogens with one attached hydrogen (secondary N) is 1. The van der Waals surface area contributed by atoms with E-state index in [1.165, 1.54) is 9.75 Å². The molecule has 1 aliphatic heterocycles.